The minimum absolute atomic E-state index is 0.0513. The lowest BCUT2D eigenvalue weighted by Gasteiger charge is -2.07. The van der Waals surface area contributed by atoms with E-state index < -0.39 is 0 Å². The lowest BCUT2D eigenvalue weighted by Crippen LogP contribution is -2.23. The Morgan fingerprint density at radius 2 is 2.15 bits per heavy atom. The SMILES string of the molecule is Cc1c(C(=O)NCc2cccn3nccc23)ccn1C. The summed E-state index contributed by atoms with van der Waals surface area (Å²) in [5.41, 5.74) is 3.74. The average Bonchev–Trinajstić information content (AvgIpc) is 3.04. The second kappa shape index (κ2) is 4.85. The van der Waals surface area contributed by atoms with Gasteiger partial charge in [0.15, 0.2) is 0 Å². The molecule has 0 spiro atoms. The van der Waals surface area contributed by atoms with E-state index in [2.05, 4.69) is 10.4 Å². The van der Waals surface area contributed by atoms with E-state index in [1.807, 2.05) is 55.2 Å². The van der Waals surface area contributed by atoms with Gasteiger partial charge in [-0.3, -0.25) is 4.79 Å². The molecular weight excluding hydrogens is 252 g/mol. The first-order chi connectivity index (χ1) is 9.66. The molecule has 0 atom stereocenters. The van der Waals surface area contributed by atoms with E-state index in [0.717, 1.165) is 16.8 Å². The maximum atomic E-state index is 12.2. The van der Waals surface area contributed by atoms with E-state index >= 15 is 0 Å². The van der Waals surface area contributed by atoms with Crippen LogP contribution in [0.1, 0.15) is 21.6 Å². The predicted molar refractivity (Wildman–Crippen MR) is 76.5 cm³/mol. The van der Waals surface area contributed by atoms with Crippen LogP contribution in [0.3, 0.4) is 0 Å². The molecule has 0 aliphatic carbocycles. The maximum Gasteiger partial charge on any atom is 0.253 e. The number of hydrogen-bond acceptors (Lipinski definition) is 2. The van der Waals surface area contributed by atoms with Crippen LogP contribution in [0, 0.1) is 6.92 Å². The minimum atomic E-state index is -0.0513. The van der Waals surface area contributed by atoms with E-state index in [9.17, 15) is 4.79 Å². The Labute approximate surface area is 116 Å². The topological polar surface area (TPSA) is 51.3 Å². The summed E-state index contributed by atoms with van der Waals surface area (Å²) in [6.07, 6.45) is 5.53. The van der Waals surface area contributed by atoms with Crippen molar-refractivity contribution in [2.45, 2.75) is 13.5 Å². The summed E-state index contributed by atoms with van der Waals surface area (Å²) in [7, 11) is 1.93. The van der Waals surface area contributed by atoms with Crippen LogP contribution in [0.15, 0.2) is 42.9 Å². The molecule has 0 saturated carbocycles. The molecule has 1 N–H and O–H groups in total. The van der Waals surface area contributed by atoms with Crippen LogP contribution in [0.25, 0.3) is 5.52 Å². The lowest BCUT2D eigenvalue weighted by molar-refractivity contribution is 0.0950. The van der Waals surface area contributed by atoms with Gasteiger partial charge in [0.25, 0.3) is 5.91 Å². The number of aryl methyl sites for hydroxylation is 1. The number of fused-ring (bicyclic) bond motifs is 1. The van der Waals surface area contributed by atoms with Gasteiger partial charge in [-0.2, -0.15) is 5.10 Å². The molecule has 3 rings (SSSR count). The minimum Gasteiger partial charge on any atom is -0.354 e. The summed E-state index contributed by atoms with van der Waals surface area (Å²) in [5, 5.41) is 7.14. The Morgan fingerprint density at radius 1 is 1.30 bits per heavy atom. The number of hydrogen-bond donors (Lipinski definition) is 1. The van der Waals surface area contributed by atoms with E-state index in [4.69, 9.17) is 0 Å². The quantitative estimate of drug-likeness (QED) is 0.789. The number of nitrogens with zero attached hydrogens (tertiary/aromatic N) is 3. The molecule has 0 aliphatic rings. The van der Waals surface area contributed by atoms with Gasteiger partial charge in [-0.05, 0) is 30.7 Å². The van der Waals surface area contributed by atoms with Crippen molar-refractivity contribution in [1.82, 2.24) is 19.5 Å². The van der Waals surface area contributed by atoms with Crippen LogP contribution in [0.2, 0.25) is 0 Å². The average molecular weight is 268 g/mol. The van der Waals surface area contributed by atoms with Gasteiger partial charge in [-0.25, -0.2) is 4.52 Å². The van der Waals surface area contributed by atoms with Crippen LogP contribution >= 0.6 is 0 Å². The number of rotatable bonds is 3. The van der Waals surface area contributed by atoms with Crippen LogP contribution < -0.4 is 5.32 Å². The molecule has 102 valence electrons. The normalized spacial score (nSPS) is 10.9. The summed E-state index contributed by atoms with van der Waals surface area (Å²) < 4.78 is 3.74. The monoisotopic (exact) mass is 268 g/mol. The second-order valence-electron chi connectivity index (χ2n) is 4.80. The molecular formula is C15H16N4O. The first-order valence-corrected chi connectivity index (χ1v) is 6.48. The Hall–Kier alpha value is -2.56. The highest BCUT2D eigenvalue weighted by atomic mass is 16.1. The largest absolute Gasteiger partial charge is 0.354 e. The highest BCUT2D eigenvalue weighted by Gasteiger charge is 2.11. The van der Waals surface area contributed by atoms with Crippen molar-refractivity contribution >= 4 is 11.4 Å². The maximum absolute atomic E-state index is 12.2. The number of carbonyl (C=O) groups excluding carboxylic acids is 1. The van der Waals surface area contributed by atoms with Gasteiger partial charge >= 0.3 is 0 Å². The third-order valence-corrected chi connectivity index (χ3v) is 3.59. The number of amides is 1. The van der Waals surface area contributed by atoms with Gasteiger partial charge in [0.2, 0.25) is 0 Å². The third-order valence-electron chi connectivity index (χ3n) is 3.59. The second-order valence-corrected chi connectivity index (χ2v) is 4.80. The van der Waals surface area contributed by atoms with E-state index in [0.29, 0.717) is 12.1 Å². The lowest BCUT2D eigenvalue weighted by atomic mass is 10.2. The van der Waals surface area contributed by atoms with Crippen LogP contribution in [-0.2, 0) is 13.6 Å². The molecule has 5 heteroatoms. The van der Waals surface area contributed by atoms with Crippen LogP contribution in [0.5, 0.6) is 0 Å². The highest BCUT2D eigenvalue weighted by Crippen LogP contribution is 2.11. The molecule has 0 saturated heterocycles. The van der Waals surface area contributed by atoms with E-state index in [1.54, 1.807) is 10.7 Å². The molecule has 1 amide bonds. The zero-order chi connectivity index (χ0) is 14.1. The fourth-order valence-corrected chi connectivity index (χ4v) is 2.28. The summed E-state index contributed by atoms with van der Waals surface area (Å²) >= 11 is 0. The molecule has 0 aromatic carbocycles. The zero-order valence-corrected chi connectivity index (χ0v) is 11.5. The number of aromatic nitrogens is 3. The summed E-state index contributed by atoms with van der Waals surface area (Å²) in [5.74, 6) is -0.0513. The molecule has 0 aliphatic heterocycles. The van der Waals surface area contributed by atoms with Crippen molar-refractivity contribution < 1.29 is 4.79 Å². The molecule has 5 nitrogen and oxygen atoms in total. The molecule has 3 aromatic heterocycles. The Morgan fingerprint density at radius 3 is 2.90 bits per heavy atom. The first-order valence-electron chi connectivity index (χ1n) is 6.48. The molecule has 0 radical (unpaired) electrons. The molecule has 0 unspecified atom stereocenters. The molecule has 0 fully saturated rings. The van der Waals surface area contributed by atoms with Crippen molar-refractivity contribution in [3.05, 3.63) is 59.7 Å². The van der Waals surface area contributed by atoms with Gasteiger partial charge in [0, 0.05) is 37.9 Å². The smallest absolute Gasteiger partial charge is 0.253 e. The molecule has 3 aromatic rings. The number of pyridine rings is 1. The fraction of sp³-hybridized carbons (Fsp3) is 0.200. The van der Waals surface area contributed by atoms with Crippen molar-refractivity contribution in [3.8, 4) is 0 Å². The van der Waals surface area contributed by atoms with Crippen molar-refractivity contribution in [3.63, 3.8) is 0 Å². The molecule has 20 heavy (non-hydrogen) atoms. The van der Waals surface area contributed by atoms with Crippen molar-refractivity contribution in [2.24, 2.45) is 7.05 Å². The van der Waals surface area contributed by atoms with E-state index in [-0.39, 0.29) is 5.91 Å². The van der Waals surface area contributed by atoms with Crippen molar-refractivity contribution in [1.29, 1.82) is 0 Å². The number of carbonyl (C=O) groups is 1. The van der Waals surface area contributed by atoms with Gasteiger partial charge in [0.05, 0.1) is 11.1 Å². The van der Waals surface area contributed by atoms with Crippen LogP contribution in [0.4, 0.5) is 0 Å². The van der Waals surface area contributed by atoms with Crippen molar-refractivity contribution in [2.75, 3.05) is 0 Å². The summed E-state index contributed by atoms with van der Waals surface area (Å²) in [4.78, 5) is 12.2. The Balaban J connectivity index is 1.78. The zero-order valence-electron chi connectivity index (χ0n) is 11.5. The standard InChI is InChI=1S/C15H16N4O/c1-11-13(6-9-18(11)2)15(20)16-10-12-4-3-8-19-14(12)5-7-17-19/h3-9H,10H2,1-2H3,(H,16,20). The Bertz CT molecular complexity index is 769. The summed E-state index contributed by atoms with van der Waals surface area (Å²) in [6, 6.07) is 7.70. The Kier molecular flexibility index (Phi) is 3.02. The van der Waals surface area contributed by atoms with Gasteiger partial charge in [-0.15, -0.1) is 0 Å². The van der Waals surface area contributed by atoms with Crippen LogP contribution in [-0.4, -0.2) is 20.1 Å². The summed E-state index contributed by atoms with van der Waals surface area (Å²) in [6.45, 7) is 2.43. The fourth-order valence-electron chi connectivity index (χ4n) is 2.28. The van der Waals surface area contributed by atoms with Gasteiger partial charge < -0.3 is 9.88 Å². The van der Waals surface area contributed by atoms with E-state index in [1.165, 1.54) is 0 Å². The van der Waals surface area contributed by atoms with Gasteiger partial charge in [-0.1, -0.05) is 6.07 Å². The predicted octanol–water partition coefficient (Wildman–Crippen LogP) is 1.91. The molecule has 0 bridgehead atoms. The third kappa shape index (κ3) is 2.07. The van der Waals surface area contributed by atoms with Gasteiger partial charge in [0.1, 0.15) is 0 Å². The highest BCUT2D eigenvalue weighted by molar-refractivity contribution is 5.95. The first kappa shape index (κ1) is 12.5. The molecule has 3 heterocycles. The number of nitrogens with one attached hydrogen (secondary N) is 1.